The van der Waals surface area contributed by atoms with E-state index in [-0.39, 0.29) is 11.4 Å². The van der Waals surface area contributed by atoms with Crippen LogP contribution in [0.1, 0.15) is 10.8 Å². The summed E-state index contributed by atoms with van der Waals surface area (Å²) in [5, 5.41) is 4.97. The molecular weight excluding hydrogens is 396 g/mol. The summed E-state index contributed by atoms with van der Waals surface area (Å²) in [7, 11) is -3.69. The molecule has 0 saturated carbocycles. The maximum absolute atomic E-state index is 13.2. The number of hydrogen-bond acceptors (Lipinski definition) is 3. The second-order valence-corrected chi connectivity index (χ2v) is 8.67. The van der Waals surface area contributed by atoms with E-state index in [1.807, 2.05) is 6.07 Å². The van der Waals surface area contributed by atoms with Gasteiger partial charge in [-0.25, -0.2) is 13.2 Å². The number of hydrogen-bond donors (Lipinski definition) is 2. The number of sulfone groups is 1. The fourth-order valence-electron chi connectivity index (χ4n) is 2.74. The summed E-state index contributed by atoms with van der Waals surface area (Å²) >= 11 is 5.83. The molecule has 0 spiro atoms. The maximum atomic E-state index is 13.2. The molecule has 0 heterocycles. The monoisotopic (exact) mass is 414 g/mol. The lowest BCUT2D eigenvalue weighted by molar-refractivity contribution is 0.252. The predicted octanol–water partition coefficient (Wildman–Crippen LogP) is 4.68. The fraction of sp³-hybridized carbons (Fsp3) is 0.0952. The minimum atomic E-state index is -3.69. The number of benzene rings is 3. The summed E-state index contributed by atoms with van der Waals surface area (Å²) in [6.45, 7) is -0.0688. The quantitative estimate of drug-likeness (QED) is 0.615. The van der Waals surface area contributed by atoms with Crippen molar-refractivity contribution in [1.29, 1.82) is 0 Å². The van der Waals surface area contributed by atoms with Crippen LogP contribution in [0.3, 0.4) is 0 Å². The van der Waals surface area contributed by atoms with Gasteiger partial charge in [0.05, 0.1) is 4.90 Å². The number of carbonyl (C=O) groups excluding carboxylic acids is 1. The maximum Gasteiger partial charge on any atom is 0.319 e. The smallest absolute Gasteiger partial charge is 0.319 e. The van der Waals surface area contributed by atoms with Gasteiger partial charge in [-0.05, 0) is 42.0 Å². The highest BCUT2D eigenvalue weighted by molar-refractivity contribution is 7.91. The number of carbonyl (C=O) groups is 1. The van der Waals surface area contributed by atoms with Gasteiger partial charge in [0.1, 0.15) is 5.25 Å². The Morgan fingerprint density at radius 2 is 1.43 bits per heavy atom. The Morgan fingerprint density at radius 3 is 2.04 bits per heavy atom. The van der Waals surface area contributed by atoms with Crippen molar-refractivity contribution >= 4 is 33.2 Å². The second-order valence-electron chi connectivity index (χ2n) is 6.10. The molecule has 3 aromatic carbocycles. The number of rotatable bonds is 6. The van der Waals surface area contributed by atoms with Crippen LogP contribution in [0.15, 0.2) is 89.8 Å². The van der Waals surface area contributed by atoms with E-state index in [1.165, 1.54) is 0 Å². The number of nitrogens with one attached hydrogen (secondary N) is 2. The first kappa shape index (κ1) is 19.9. The molecule has 0 fully saturated rings. The Balaban J connectivity index is 1.78. The van der Waals surface area contributed by atoms with E-state index in [9.17, 15) is 13.2 Å². The minimum Gasteiger partial charge on any atom is -0.336 e. The summed E-state index contributed by atoms with van der Waals surface area (Å²) in [6.07, 6.45) is 0. The van der Waals surface area contributed by atoms with Gasteiger partial charge in [-0.3, -0.25) is 0 Å². The van der Waals surface area contributed by atoms with Gasteiger partial charge in [0.2, 0.25) is 0 Å². The minimum absolute atomic E-state index is 0.0688. The molecule has 144 valence electrons. The zero-order valence-corrected chi connectivity index (χ0v) is 16.5. The van der Waals surface area contributed by atoms with Gasteiger partial charge in [-0.1, -0.05) is 60.1 Å². The first-order chi connectivity index (χ1) is 13.5. The molecule has 1 atom stereocenters. The van der Waals surface area contributed by atoms with E-state index < -0.39 is 21.1 Å². The van der Waals surface area contributed by atoms with Crippen molar-refractivity contribution in [3.63, 3.8) is 0 Å². The molecule has 3 rings (SSSR count). The topological polar surface area (TPSA) is 75.3 Å². The molecule has 5 nitrogen and oxygen atoms in total. The average molecular weight is 415 g/mol. The van der Waals surface area contributed by atoms with E-state index in [0.717, 1.165) is 0 Å². The van der Waals surface area contributed by atoms with E-state index in [1.54, 1.807) is 78.9 Å². The lowest BCUT2D eigenvalue weighted by Crippen LogP contribution is -2.34. The van der Waals surface area contributed by atoms with Crippen LogP contribution >= 0.6 is 11.6 Å². The van der Waals surface area contributed by atoms with Crippen molar-refractivity contribution in [2.24, 2.45) is 0 Å². The Morgan fingerprint density at radius 1 is 0.857 bits per heavy atom. The fourth-order valence-corrected chi connectivity index (χ4v) is 4.55. The molecule has 7 heteroatoms. The average Bonchev–Trinajstić information content (AvgIpc) is 2.71. The summed E-state index contributed by atoms with van der Waals surface area (Å²) in [5.74, 6) is 0. The van der Waals surface area contributed by atoms with Gasteiger partial charge in [-0.15, -0.1) is 0 Å². The van der Waals surface area contributed by atoms with Crippen LogP contribution in [-0.4, -0.2) is 21.0 Å². The van der Waals surface area contributed by atoms with Crippen LogP contribution in [0, 0.1) is 0 Å². The Kier molecular flexibility index (Phi) is 6.34. The van der Waals surface area contributed by atoms with Crippen LogP contribution in [0.4, 0.5) is 10.5 Å². The van der Waals surface area contributed by atoms with Crippen LogP contribution in [0.2, 0.25) is 5.02 Å². The second kappa shape index (κ2) is 8.91. The number of amides is 2. The Bertz CT molecular complexity index is 1020. The summed E-state index contributed by atoms with van der Waals surface area (Å²) < 4.78 is 26.3. The lowest BCUT2D eigenvalue weighted by Gasteiger charge is -2.19. The Hall–Kier alpha value is -2.83. The highest BCUT2D eigenvalue weighted by atomic mass is 35.5. The normalized spacial score (nSPS) is 12.2. The standard InChI is InChI=1S/C21H19ClN2O3S/c22-17-11-13-18(14-12-17)24-21(25)23-15-20(16-7-3-1-4-8-16)28(26,27)19-9-5-2-6-10-19/h1-14,20H,15H2,(H2,23,24,25)/t20-/m0/s1. The number of urea groups is 1. The third-order valence-electron chi connectivity index (χ3n) is 4.17. The Labute approximate surface area is 169 Å². The van der Waals surface area contributed by atoms with Crippen molar-refractivity contribution in [3.05, 3.63) is 95.5 Å². The first-order valence-electron chi connectivity index (χ1n) is 8.61. The van der Waals surface area contributed by atoms with Gasteiger partial charge in [0, 0.05) is 17.3 Å². The van der Waals surface area contributed by atoms with Crippen LogP contribution in [0.25, 0.3) is 0 Å². The van der Waals surface area contributed by atoms with E-state index >= 15 is 0 Å². The van der Waals surface area contributed by atoms with Crippen molar-refractivity contribution in [1.82, 2.24) is 5.32 Å². The molecule has 0 aliphatic carbocycles. The molecule has 3 aromatic rings. The number of halogens is 1. The highest BCUT2D eigenvalue weighted by Crippen LogP contribution is 2.28. The van der Waals surface area contributed by atoms with Crippen molar-refractivity contribution < 1.29 is 13.2 Å². The molecule has 0 saturated heterocycles. The third-order valence-corrected chi connectivity index (χ3v) is 6.54. The van der Waals surface area contributed by atoms with E-state index in [4.69, 9.17) is 11.6 Å². The van der Waals surface area contributed by atoms with E-state index in [0.29, 0.717) is 16.3 Å². The predicted molar refractivity (Wildman–Crippen MR) is 111 cm³/mol. The molecular formula is C21H19ClN2O3S. The van der Waals surface area contributed by atoms with Crippen LogP contribution < -0.4 is 10.6 Å². The van der Waals surface area contributed by atoms with Gasteiger partial charge < -0.3 is 10.6 Å². The van der Waals surface area contributed by atoms with Crippen molar-refractivity contribution in [2.75, 3.05) is 11.9 Å². The lowest BCUT2D eigenvalue weighted by atomic mass is 10.1. The van der Waals surface area contributed by atoms with E-state index in [2.05, 4.69) is 10.6 Å². The zero-order chi connectivity index (χ0) is 20.0. The van der Waals surface area contributed by atoms with Gasteiger partial charge in [0.25, 0.3) is 0 Å². The van der Waals surface area contributed by atoms with Gasteiger partial charge in [0.15, 0.2) is 9.84 Å². The molecule has 2 N–H and O–H groups in total. The molecule has 2 amide bonds. The van der Waals surface area contributed by atoms with Crippen LogP contribution in [0.5, 0.6) is 0 Å². The molecule has 0 unspecified atom stereocenters. The van der Waals surface area contributed by atoms with Crippen molar-refractivity contribution in [2.45, 2.75) is 10.1 Å². The largest absolute Gasteiger partial charge is 0.336 e. The van der Waals surface area contributed by atoms with Gasteiger partial charge >= 0.3 is 6.03 Å². The van der Waals surface area contributed by atoms with Crippen molar-refractivity contribution in [3.8, 4) is 0 Å². The third kappa shape index (κ3) is 4.91. The molecule has 0 aromatic heterocycles. The molecule has 0 radical (unpaired) electrons. The summed E-state index contributed by atoms with van der Waals surface area (Å²) in [4.78, 5) is 12.5. The van der Waals surface area contributed by atoms with Crippen LogP contribution in [-0.2, 0) is 9.84 Å². The molecule has 28 heavy (non-hydrogen) atoms. The summed E-state index contributed by atoms with van der Waals surface area (Å²) in [6, 6.07) is 23.2. The molecule has 0 aliphatic heterocycles. The summed E-state index contributed by atoms with van der Waals surface area (Å²) in [5.41, 5.74) is 1.17. The first-order valence-corrected chi connectivity index (χ1v) is 10.5. The SMILES string of the molecule is O=C(NC[C@@H](c1ccccc1)S(=O)(=O)c1ccccc1)Nc1ccc(Cl)cc1. The number of anilines is 1. The highest BCUT2D eigenvalue weighted by Gasteiger charge is 2.29. The molecule has 0 bridgehead atoms. The molecule has 0 aliphatic rings. The van der Waals surface area contributed by atoms with Gasteiger partial charge in [-0.2, -0.15) is 0 Å². The zero-order valence-electron chi connectivity index (χ0n) is 14.9.